The summed E-state index contributed by atoms with van der Waals surface area (Å²) >= 11 is 0. The van der Waals surface area contributed by atoms with Gasteiger partial charge in [-0.2, -0.15) is 13.2 Å². The largest absolute Gasteiger partial charge is 0.416 e. The smallest absolute Gasteiger partial charge is 0.396 e. The topological polar surface area (TPSA) is 65.5 Å². The molecule has 1 fully saturated rings. The molecule has 0 radical (unpaired) electrons. The number of alkyl halides is 3. The van der Waals surface area contributed by atoms with Crippen molar-refractivity contribution in [1.82, 2.24) is 4.98 Å². The van der Waals surface area contributed by atoms with E-state index in [2.05, 4.69) is 10.3 Å². The van der Waals surface area contributed by atoms with Gasteiger partial charge in [-0.1, -0.05) is 6.07 Å². The molecule has 1 aromatic heterocycles. The van der Waals surface area contributed by atoms with Gasteiger partial charge >= 0.3 is 6.18 Å². The summed E-state index contributed by atoms with van der Waals surface area (Å²) in [5, 5.41) is 11.8. The number of aliphatic hydroxyl groups excluding tert-OH is 1. The van der Waals surface area contributed by atoms with Gasteiger partial charge < -0.3 is 15.3 Å². The first-order valence-electron chi connectivity index (χ1n) is 8.68. The Morgan fingerprint density at radius 2 is 1.96 bits per heavy atom. The van der Waals surface area contributed by atoms with Crippen LogP contribution in [-0.4, -0.2) is 35.7 Å². The molecule has 0 bridgehead atoms. The summed E-state index contributed by atoms with van der Waals surface area (Å²) in [7, 11) is 0. The van der Waals surface area contributed by atoms with Crippen LogP contribution >= 0.6 is 0 Å². The highest BCUT2D eigenvalue weighted by Crippen LogP contribution is 2.36. The highest BCUT2D eigenvalue weighted by Gasteiger charge is 2.32. The molecule has 0 unspecified atom stereocenters. The molecule has 2 N–H and O–H groups in total. The molecule has 3 rings (SSSR count). The molecule has 0 saturated carbocycles. The van der Waals surface area contributed by atoms with Crippen LogP contribution in [0.5, 0.6) is 0 Å². The molecule has 1 aliphatic heterocycles. The Morgan fingerprint density at radius 1 is 1.22 bits per heavy atom. The maximum Gasteiger partial charge on any atom is 0.416 e. The van der Waals surface area contributed by atoms with Crippen molar-refractivity contribution in [2.75, 3.05) is 29.9 Å². The van der Waals surface area contributed by atoms with E-state index in [0.29, 0.717) is 18.8 Å². The number of pyridine rings is 1. The molecule has 2 aromatic rings. The summed E-state index contributed by atoms with van der Waals surface area (Å²) < 4.78 is 39.4. The number of benzene rings is 1. The van der Waals surface area contributed by atoms with E-state index in [1.54, 1.807) is 12.1 Å². The molecule has 144 valence electrons. The number of nitrogens with zero attached hydrogens (tertiary/aromatic N) is 2. The van der Waals surface area contributed by atoms with Gasteiger partial charge in [-0.25, -0.2) is 0 Å². The Kier molecular flexibility index (Phi) is 5.65. The minimum Gasteiger partial charge on any atom is -0.396 e. The first kappa shape index (κ1) is 19.2. The third-order valence-electron chi connectivity index (χ3n) is 4.68. The molecule has 2 heterocycles. The highest BCUT2D eigenvalue weighted by atomic mass is 19.4. The second kappa shape index (κ2) is 7.96. The molecule has 1 aromatic carbocycles. The van der Waals surface area contributed by atoms with Crippen molar-refractivity contribution in [3.63, 3.8) is 0 Å². The number of hydrogen-bond acceptors (Lipinski definition) is 4. The second-order valence-corrected chi connectivity index (χ2v) is 6.51. The zero-order valence-electron chi connectivity index (χ0n) is 14.5. The van der Waals surface area contributed by atoms with Crippen LogP contribution in [0.1, 0.15) is 28.9 Å². The predicted octanol–water partition coefficient (Wildman–Crippen LogP) is 3.56. The summed E-state index contributed by atoms with van der Waals surface area (Å²) in [4.78, 5) is 18.3. The van der Waals surface area contributed by atoms with Gasteiger partial charge in [-0.05, 0) is 49.1 Å². The zero-order valence-corrected chi connectivity index (χ0v) is 14.5. The van der Waals surface area contributed by atoms with Gasteiger partial charge in [-0.15, -0.1) is 0 Å². The van der Waals surface area contributed by atoms with E-state index >= 15 is 0 Å². The number of anilines is 2. The van der Waals surface area contributed by atoms with Crippen molar-refractivity contribution >= 4 is 17.3 Å². The number of carbonyl (C=O) groups is 1. The zero-order chi connectivity index (χ0) is 19.4. The van der Waals surface area contributed by atoms with Crippen molar-refractivity contribution in [2.24, 2.45) is 5.92 Å². The molecule has 8 heteroatoms. The lowest BCUT2D eigenvalue weighted by atomic mass is 9.97. The number of amides is 1. The number of halogens is 3. The van der Waals surface area contributed by atoms with E-state index in [0.717, 1.165) is 25.0 Å². The molecular weight excluding hydrogens is 359 g/mol. The van der Waals surface area contributed by atoms with Crippen LogP contribution in [0.4, 0.5) is 24.5 Å². The number of nitrogens with one attached hydrogen (secondary N) is 1. The lowest BCUT2D eigenvalue weighted by Crippen LogP contribution is -2.35. The maximum atomic E-state index is 13.1. The van der Waals surface area contributed by atoms with Gasteiger partial charge in [0, 0.05) is 25.9 Å². The van der Waals surface area contributed by atoms with Crippen LogP contribution in [0, 0.1) is 5.92 Å². The molecular formula is C19H20F3N3O2. The van der Waals surface area contributed by atoms with Crippen LogP contribution in [0.15, 0.2) is 42.6 Å². The van der Waals surface area contributed by atoms with Gasteiger partial charge in [0.2, 0.25) is 0 Å². The fourth-order valence-electron chi connectivity index (χ4n) is 3.13. The number of aliphatic hydroxyl groups is 1. The van der Waals surface area contributed by atoms with Crippen molar-refractivity contribution < 1.29 is 23.1 Å². The van der Waals surface area contributed by atoms with Crippen molar-refractivity contribution in [2.45, 2.75) is 19.0 Å². The first-order valence-corrected chi connectivity index (χ1v) is 8.68. The van der Waals surface area contributed by atoms with Crippen LogP contribution in [0.25, 0.3) is 0 Å². The standard InChI is InChI=1S/C19H20F3N3O2/c20-19(21,22)14-4-5-17(25-9-6-13(12-26)7-10-25)16(11-14)24-18(27)15-3-1-2-8-23-15/h1-5,8,11,13,26H,6-7,9-10,12H2,(H,24,27). The summed E-state index contributed by atoms with van der Waals surface area (Å²) in [5.74, 6) is -0.372. The number of rotatable bonds is 4. The third kappa shape index (κ3) is 4.57. The molecule has 0 spiro atoms. The van der Waals surface area contributed by atoms with Crippen LogP contribution in [0.3, 0.4) is 0 Å². The van der Waals surface area contributed by atoms with E-state index in [1.807, 2.05) is 4.90 Å². The molecule has 0 aliphatic carbocycles. The first-order chi connectivity index (χ1) is 12.9. The fraction of sp³-hybridized carbons (Fsp3) is 0.368. The highest BCUT2D eigenvalue weighted by molar-refractivity contribution is 6.04. The summed E-state index contributed by atoms with van der Waals surface area (Å²) in [5.41, 5.74) is -0.0701. The quantitative estimate of drug-likeness (QED) is 0.853. The van der Waals surface area contributed by atoms with Gasteiger partial charge in [0.05, 0.1) is 16.9 Å². The Balaban J connectivity index is 1.90. The van der Waals surface area contributed by atoms with Gasteiger partial charge in [0.1, 0.15) is 5.69 Å². The second-order valence-electron chi connectivity index (χ2n) is 6.51. The van der Waals surface area contributed by atoms with Crippen LogP contribution in [-0.2, 0) is 6.18 Å². The van der Waals surface area contributed by atoms with E-state index < -0.39 is 17.6 Å². The molecule has 5 nitrogen and oxygen atoms in total. The lowest BCUT2D eigenvalue weighted by Gasteiger charge is -2.34. The lowest BCUT2D eigenvalue weighted by molar-refractivity contribution is -0.137. The summed E-state index contributed by atoms with van der Waals surface area (Å²) in [6.07, 6.45) is -1.58. The van der Waals surface area contributed by atoms with E-state index in [1.165, 1.54) is 18.3 Å². The van der Waals surface area contributed by atoms with Crippen molar-refractivity contribution in [3.05, 3.63) is 53.9 Å². The normalized spacial score (nSPS) is 15.6. The number of hydrogen-bond donors (Lipinski definition) is 2. The molecule has 1 aliphatic rings. The van der Waals surface area contributed by atoms with Crippen molar-refractivity contribution in [1.29, 1.82) is 0 Å². The van der Waals surface area contributed by atoms with Gasteiger partial charge in [-0.3, -0.25) is 9.78 Å². The fourth-order valence-corrected chi connectivity index (χ4v) is 3.13. The molecule has 1 amide bonds. The van der Waals surface area contributed by atoms with E-state index in [-0.39, 0.29) is 23.9 Å². The average Bonchev–Trinajstić information content (AvgIpc) is 2.68. The number of carbonyl (C=O) groups excluding carboxylic acids is 1. The Morgan fingerprint density at radius 3 is 2.56 bits per heavy atom. The van der Waals surface area contributed by atoms with Gasteiger partial charge in [0.15, 0.2) is 0 Å². The minimum atomic E-state index is -4.51. The van der Waals surface area contributed by atoms with Crippen LogP contribution in [0.2, 0.25) is 0 Å². The Bertz CT molecular complexity index is 789. The number of aromatic nitrogens is 1. The molecule has 0 atom stereocenters. The van der Waals surface area contributed by atoms with Crippen LogP contribution < -0.4 is 10.2 Å². The Labute approximate surface area is 154 Å². The molecule has 27 heavy (non-hydrogen) atoms. The van der Waals surface area contributed by atoms with E-state index in [4.69, 9.17) is 0 Å². The van der Waals surface area contributed by atoms with E-state index in [9.17, 15) is 23.1 Å². The van der Waals surface area contributed by atoms with Gasteiger partial charge in [0.25, 0.3) is 5.91 Å². The molecule has 1 saturated heterocycles. The number of piperidine rings is 1. The minimum absolute atomic E-state index is 0.0999. The van der Waals surface area contributed by atoms with Crippen molar-refractivity contribution in [3.8, 4) is 0 Å². The monoisotopic (exact) mass is 379 g/mol. The predicted molar refractivity (Wildman–Crippen MR) is 95.7 cm³/mol. The summed E-state index contributed by atoms with van der Waals surface area (Å²) in [6, 6.07) is 8.14. The third-order valence-corrected chi connectivity index (χ3v) is 4.68. The SMILES string of the molecule is O=C(Nc1cc(C(F)(F)F)ccc1N1CCC(CO)CC1)c1ccccn1. The Hall–Kier alpha value is -2.61. The summed E-state index contributed by atoms with van der Waals surface area (Å²) in [6.45, 7) is 1.30. The maximum absolute atomic E-state index is 13.1. The average molecular weight is 379 g/mol.